The first-order valence-corrected chi connectivity index (χ1v) is 9.27. The van der Waals surface area contributed by atoms with Crippen LogP contribution in [0.3, 0.4) is 0 Å². The quantitative estimate of drug-likeness (QED) is 0.788. The van der Waals surface area contributed by atoms with Gasteiger partial charge in [-0.25, -0.2) is 4.79 Å². The van der Waals surface area contributed by atoms with E-state index in [2.05, 4.69) is 29.4 Å². The average Bonchev–Trinajstić information content (AvgIpc) is 3.05. The average molecular weight is 325 g/mol. The van der Waals surface area contributed by atoms with Crippen LogP contribution in [0.2, 0.25) is 0 Å². The Morgan fingerprint density at radius 1 is 1.17 bits per heavy atom. The minimum atomic E-state index is -0.458. The number of nitrogens with one attached hydrogen (secondary N) is 2. The molecule has 0 aromatic carbocycles. The lowest BCUT2D eigenvalue weighted by Crippen LogP contribution is -2.57. The third-order valence-electron chi connectivity index (χ3n) is 5.43. The molecule has 5 heteroatoms. The van der Waals surface area contributed by atoms with Gasteiger partial charge in [-0.3, -0.25) is 4.90 Å². The summed E-state index contributed by atoms with van der Waals surface area (Å²) in [5.41, 5.74) is -0.686. The van der Waals surface area contributed by atoms with Crippen LogP contribution in [0.15, 0.2) is 0 Å². The fourth-order valence-corrected chi connectivity index (χ4v) is 3.89. The van der Waals surface area contributed by atoms with E-state index in [0.717, 1.165) is 19.4 Å². The Morgan fingerprint density at radius 3 is 2.48 bits per heavy atom. The van der Waals surface area contributed by atoms with E-state index in [1.807, 2.05) is 20.8 Å². The lowest BCUT2D eigenvalue weighted by molar-refractivity contribution is 0.0443. The zero-order valence-electron chi connectivity index (χ0n) is 15.6. The maximum absolute atomic E-state index is 12.2. The predicted molar refractivity (Wildman–Crippen MR) is 93.7 cm³/mol. The van der Waals surface area contributed by atoms with Crippen LogP contribution < -0.4 is 10.6 Å². The topological polar surface area (TPSA) is 53.6 Å². The van der Waals surface area contributed by atoms with E-state index >= 15 is 0 Å². The van der Waals surface area contributed by atoms with Gasteiger partial charge < -0.3 is 15.4 Å². The molecule has 5 nitrogen and oxygen atoms in total. The number of ether oxygens (including phenoxy) is 1. The lowest BCUT2D eigenvalue weighted by Gasteiger charge is -2.36. The van der Waals surface area contributed by atoms with Gasteiger partial charge in [0.05, 0.1) is 5.54 Å². The Bertz CT molecular complexity index is 402. The molecule has 2 atom stereocenters. The van der Waals surface area contributed by atoms with Crippen LogP contribution in [0, 0.1) is 0 Å². The number of carbonyl (C=O) groups is 1. The monoisotopic (exact) mass is 325 g/mol. The van der Waals surface area contributed by atoms with Crippen LogP contribution in [0.4, 0.5) is 4.79 Å². The number of hydrogen-bond acceptors (Lipinski definition) is 4. The zero-order valence-corrected chi connectivity index (χ0v) is 15.6. The Balaban J connectivity index is 1.90. The first kappa shape index (κ1) is 18.5. The standard InChI is InChI=1S/C18H35N3O2/c1-6-18(7-2,20-16(22)23-17(3,4)5)13-19-14-10-12-21-11-8-9-15(14)21/h14-15,19H,6-13H2,1-5H3,(H,20,22). The molecule has 0 bridgehead atoms. The van der Waals surface area contributed by atoms with Gasteiger partial charge in [0, 0.05) is 25.2 Å². The molecule has 0 aromatic rings. The fraction of sp³-hybridized carbons (Fsp3) is 0.944. The molecule has 0 radical (unpaired) electrons. The van der Waals surface area contributed by atoms with Gasteiger partial charge in [0.15, 0.2) is 0 Å². The van der Waals surface area contributed by atoms with Crippen molar-refractivity contribution in [2.45, 2.75) is 89.9 Å². The molecule has 0 saturated carbocycles. The third kappa shape index (κ3) is 4.83. The smallest absolute Gasteiger partial charge is 0.408 e. The summed E-state index contributed by atoms with van der Waals surface area (Å²) in [7, 11) is 0. The molecule has 2 saturated heterocycles. The number of alkyl carbamates (subject to hydrolysis) is 1. The third-order valence-corrected chi connectivity index (χ3v) is 5.43. The van der Waals surface area contributed by atoms with Crippen molar-refractivity contribution in [3.63, 3.8) is 0 Å². The summed E-state index contributed by atoms with van der Waals surface area (Å²) in [5, 5.41) is 6.88. The second-order valence-corrected chi connectivity index (χ2v) is 8.14. The summed E-state index contributed by atoms with van der Waals surface area (Å²) in [6.07, 6.45) is 5.35. The second kappa shape index (κ2) is 7.39. The molecule has 2 unspecified atom stereocenters. The Kier molecular flexibility index (Phi) is 5.95. The van der Waals surface area contributed by atoms with Crippen LogP contribution in [0.5, 0.6) is 0 Å². The molecular formula is C18H35N3O2. The van der Waals surface area contributed by atoms with Gasteiger partial charge in [-0.05, 0) is 59.4 Å². The highest BCUT2D eigenvalue weighted by molar-refractivity contribution is 5.68. The van der Waals surface area contributed by atoms with E-state index in [1.54, 1.807) is 0 Å². The van der Waals surface area contributed by atoms with Gasteiger partial charge >= 0.3 is 6.09 Å². The molecular weight excluding hydrogens is 290 g/mol. The number of rotatable bonds is 6. The van der Waals surface area contributed by atoms with Gasteiger partial charge in [-0.15, -0.1) is 0 Å². The lowest BCUT2D eigenvalue weighted by atomic mass is 9.92. The van der Waals surface area contributed by atoms with Crippen molar-refractivity contribution in [3.8, 4) is 0 Å². The summed E-state index contributed by atoms with van der Waals surface area (Å²) < 4.78 is 5.45. The predicted octanol–water partition coefficient (Wildman–Crippen LogP) is 2.90. The molecule has 0 aromatic heterocycles. The second-order valence-electron chi connectivity index (χ2n) is 8.14. The van der Waals surface area contributed by atoms with Crippen molar-refractivity contribution in [2.24, 2.45) is 0 Å². The van der Waals surface area contributed by atoms with Gasteiger partial charge in [0.2, 0.25) is 0 Å². The summed E-state index contributed by atoms with van der Waals surface area (Å²) in [6.45, 7) is 13.3. The maximum atomic E-state index is 12.2. The number of carbonyl (C=O) groups excluding carboxylic acids is 1. The van der Waals surface area contributed by atoms with Crippen molar-refractivity contribution in [1.29, 1.82) is 0 Å². The molecule has 0 aliphatic carbocycles. The summed E-state index contributed by atoms with van der Waals surface area (Å²) >= 11 is 0. The molecule has 1 amide bonds. The van der Waals surface area contributed by atoms with E-state index in [1.165, 1.54) is 32.4 Å². The molecule has 2 aliphatic rings. The highest BCUT2D eigenvalue weighted by atomic mass is 16.6. The summed E-state index contributed by atoms with van der Waals surface area (Å²) in [5.74, 6) is 0. The number of fused-ring (bicyclic) bond motifs is 1. The van der Waals surface area contributed by atoms with Crippen LogP contribution in [-0.4, -0.2) is 53.9 Å². The fourth-order valence-electron chi connectivity index (χ4n) is 3.89. The molecule has 2 aliphatic heterocycles. The zero-order chi connectivity index (χ0) is 17.1. The molecule has 2 N–H and O–H groups in total. The minimum absolute atomic E-state index is 0.228. The molecule has 0 spiro atoms. The van der Waals surface area contributed by atoms with Crippen molar-refractivity contribution >= 4 is 6.09 Å². The number of nitrogens with zero attached hydrogens (tertiary/aromatic N) is 1. The highest BCUT2D eigenvalue weighted by Gasteiger charge is 2.38. The van der Waals surface area contributed by atoms with Gasteiger partial charge in [-0.1, -0.05) is 13.8 Å². The van der Waals surface area contributed by atoms with Gasteiger partial charge in [0.25, 0.3) is 0 Å². The first-order valence-electron chi connectivity index (χ1n) is 9.27. The SMILES string of the molecule is CCC(CC)(CNC1CCN2CCCC12)NC(=O)OC(C)(C)C. The van der Waals surface area contributed by atoms with Crippen LogP contribution >= 0.6 is 0 Å². The van der Waals surface area contributed by atoms with Crippen molar-refractivity contribution in [2.75, 3.05) is 19.6 Å². The molecule has 2 rings (SSSR count). The van der Waals surface area contributed by atoms with Crippen molar-refractivity contribution in [1.82, 2.24) is 15.5 Å². The Morgan fingerprint density at radius 2 is 1.87 bits per heavy atom. The molecule has 134 valence electrons. The van der Waals surface area contributed by atoms with Crippen molar-refractivity contribution in [3.05, 3.63) is 0 Å². The van der Waals surface area contributed by atoms with E-state index in [-0.39, 0.29) is 11.6 Å². The van der Waals surface area contributed by atoms with Crippen LogP contribution in [-0.2, 0) is 4.74 Å². The number of amides is 1. The van der Waals surface area contributed by atoms with Crippen molar-refractivity contribution < 1.29 is 9.53 Å². The maximum Gasteiger partial charge on any atom is 0.408 e. The van der Waals surface area contributed by atoms with Gasteiger partial charge in [-0.2, -0.15) is 0 Å². The van der Waals surface area contributed by atoms with Crippen LogP contribution in [0.1, 0.15) is 66.7 Å². The first-order chi connectivity index (χ1) is 10.8. The van der Waals surface area contributed by atoms with E-state index in [4.69, 9.17) is 4.74 Å². The molecule has 2 heterocycles. The van der Waals surface area contributed by atoms with Gasteiger partial charge in [0.1, 0.15) is 5.60 Å². The van der Waals surface area contributed by atoms with E-state index in [0.29, 0.717) is 12.1 Å². The van der Waals surface area contributed by atoms with E-state index < -0.39 is 5.60 Å². The minimum Gasteiger partial charge on any atom is -0.444 e. The Hall–Kier alpha value is -0.810. The Labute approximate surface area is 141 Å². The highest BCUT2D eigenvalue weighted by Crippen LogP contribution is 2.28. The normalized spacial score (nSPS) is 25.4. The van der Waals surface area contributed by atoms with Crippen LogP contribution in [0.25, 0.3) is 0 Å². The molecule has 2 fully saturated rings. The number of hydrogen-bond donors (Lipinski definition) is 2. The largest absolute Gasteiger partial charge is 0.444 e. The summed E-state index contributed by atoms with van der Waals surface area (Å²) in [6, 6.07) is 1.26. The van der Waals surface area contributed by atoms with E-state index in [9.17, 15) is 4.79 Å². The summed E-state index contributed by atoms with van der Waals surface area (Å²) in [4.78, 5) is 14.8. The molecule has 23 heavy (non-hydrogen) atoms.